The Labute approximate surface area is 333 Å². The number of ether oxygens (including phenoxy) is 4. The predicted molar refractivity (Wildman–Crippen MR) is 223 cm³/mol. The Morgan fingerprint density at radius 3 is 2.40 bits per heavy atom. The summed E-state index contributed by atoms with van der Waals surface area (Å²) in [5.74, 6) is 2.01. The van der Waals surface area contributed by atoms with E-state index in [0.29, 0.717) is 72.4 Å². The lowest BCUT2D eigenvalue weighted by Gasteiger charge is -2.19. The van der Waals surface area contributed by atoms with Crippen molar-refractivity contribution in [3.8, 4) is 28.7 Å². The first kappa shape index (κ1) is 40.3. The molecule has 0 bridgehead atoms. The molecular formula is C45H49N5O7. The molecule has 0 radical (unpaired) electrons. The van der Waals surface area contributed by atoms with Crippen LogP contribution in [0.2, 0.25) is 0 Å². The van der Waals surface area contributed by atoms with Gasteiger partial charge in [0.1, 0.15) is 5.75 Å². The van der Waals surface area contributed by atoms with E-state index in [-0.39, 0.29) is 31.2 Å². The van der Waals surface area contributed by atoms with Crippen molar-refractivity contribution in [3.63, 3.8) is 0 Å². The second kappa shape index (κ2) is 17.2. The van der Waals surface area contributed by atoms with Crippen molar-refractivity contribution >= 4 is 41.7 Å². The number of nitrogens with zero attached hydrogens (tertiary/aromatic N) is 4. The zero-order chi connectivity index (χ0) is 39.4. The van der Waals surface area contributed by atoms with Crippen LogP contribution in [0.3, 0.4) is 0 Å². The van der Waals surface area contributed by atoms with Gasteiger partial charge < -0.3 is 39.6 Å². The molecule has 3 aromatic carbocycles. The van der Waals surface area contributed by atoms with Crippen molar-refractivity contribution in [2.45, 2.75) is 58.2 Å². The van der Waals surface area contributed by atoms with Gasteiger partial charge in [-0.05, 0) is 66.0 Å². The average molecular weight is 772 g/mol. The number of phenolic OH excluding ortho intramolecular Hbond substituents is 1. The van der Waals surface area contributed by atoms with E-state index in [0.717, 1.165) is 34.3 Å². The molecule has 4 aliphatic rings. The molecule has 3 heterocycles. The highest BCUT2D eigenvalue weighted by Crippen LogP contribution is 2.40. The molecule has 0 saturated carbocycles. The van der Waals surface area contributed by atoms with Gasteiger partial charge in [0, 0.05) is 56.2 Å². The lowest BCUT2D eigenvalue weighted by molar-refractivity contribution is -0.116. The van der Waals surface area contributed by atoms with E-state index in [4.69, 9.17) is 29.7 Å². The molecule has 12 heteroatoms. The topological polar surface area (TPSA) is 149 Å². The number of carbonyl (C=O) groups is 2. The smallest absolute Gasteiger partial charge is 0.260 e. The van der Waals surface area contributed by atoms with Crippen LogP contribution in [0.4, 0.5) is 11.4 Å². The summed E-state index contributed by atoms with van der Waals surface area (Å²) < 4.78 is 23.5. The number of nitrogens with two attached hydrogens (primary N) is 1. The van der Waals surface area contributed by atoms with Crippen molar-refractivity contribution in [1.82, 2.24) is 9.80 Å². The molecule has 1 aliphatic carbocycles. The highest BCUT2D eigenvalue weighted by atomic mass is 16.5. The summed E-state index contributed by atoms with van der Waals surface area (Å²) >= 11 is 0. The molecule has 0 saturated heterocycles. The molecule has 12 nitrogen and oxygen atoms in total. The van der Waals surface area contributed by atoms with Gasteiger partial charge in [0.25, 0.3) is 5.91 Å². The molecule has 296 valence electrons. The second-order valence-corrected chi connectivity index (χ2v) is 14.3. The summed E-state index contributed by atoms with van der Waals surface area (Å²) in [5.41, 5.74) is 12.2. The van der Waals surface area contributed by atoms with E-state index >= 15 is 0 Å². The number of aromatic hydroxyl groups is 1. The van der Waals surface area contributed by atoms with E-state index < -0.39 is 5.54 Å². The monoisotopic (exact) mass is 771 g/mol. The van der Waals surface area contributed by atoms with Crippen LogP contribution in [-0.2, 0) is 4.79 Å². The molecule has 57 heavy (non-hydrogen) atoms. The minimum absolute atomic E-state index is 0. The summed E-state index contributed by atoms with van der Waals surface area (Å²) in [6.07, 6.45) is 19.7. The van der Waals surface area contributed by atoms with E-state index in [1.54, 1.807) is 53.6 Å². The van der Waals surface area contributed by atoms with E-state index in [1.165, 1.54) is 7.11 Å². The van der Waals surface area contributed by atoms with Crippen molar-refractivity contribution < 1.29 is 33.6 Å². The Morgan fingerprint density at radius 1 is 0.965 bits per heavy atom. The summed E-state index contributed by atoms with van der Waals surface area (Å²) in [4.78, 5) is 38.5. The Hall–Kier alpha value is -6.40. The number of benzene rings is 3. The normalized spacial score (nSPS) is 20.9. The maximum Gasteiger partial charge on any atom is 0.260 e. The van der Waals surface area contributed by atoms with Gasteiger partial charge in [0.05, 0.1) is 62.0 Å². The zero-order valence-corrected chi connectivity index (χ0v) is 31.8. The molecule has 3 aliphatic heterocycles. The highest BCUT2D eigenvalue weighted by Gasteiger charge is 2.33. The number of carbonyl (C=O) groups excluding carboxylic acids is 2. The minimum Gasteiger partial charge on any atom is -0.508 e. The van der Waals surface area contributed by atoms with Crippen LogP contribution in [0.25, 0.3) is 5.57 Å². The van der Waals surface area contributed by atoms with E-state index in [1.807, 2.05) is 80.9 Å². The number of phenols is 1. The molecule has 2 amide bonds. The van der Waals surface area contributed by atoms with Crippen LogP contribution in [0.15, 0.2) is 112 Å². The lowest BCUT2D eigenvalue weighted by Crippen LogP contribution is -2.32. The van der Waals surface area contributed by atoms with Gasteiger partial charge in [-0.25, -0.2) is 0 Å². The summed E-state index contributed by atoms with van der Waals surface area (Å²) in [6.45, 7) is 4.51. The first-order valence-electron chi connectivity index (χ1n) is 18.4. The Balaban J connectivity index is 0.00000549. The highest BCUT2D eigenvalue weighted by molar-refractivity contribution is 6.05. The van der Waals surface area contributed by atoms with Gasteiger partial charge in [0.15, 0.2) is 23.0 Å². The van der Waals surface area contributed by atoms with Crippen molar-refractivity contribution in [2.75, 3.05) is 27.4 Å². The van der Waals surface area contributed by atoms with Crippen LogP contribution >= 0.6 is 0 Å². The molecule has 3 N–H and O–H groups in total. The second-order valence-electron chi connectivity index (χ2n) is 14.3. The summed E-state index contributed by atoms with van der Waals surface area (Å²) in [6, 6.07) is 13.6. The number of methoxy groups -OCH3 is 2. The van der Waals surface area contributed by atoms with E-state index in [9.17, 15) is 14.7 Å². The number of hydrogen-bond donors (Lipinski definition) is 2. The van der Waals surface area contributed by atoms with Gasteiger partial charge in [-0.3, -0.25) is 19.6 Å². The van der Waals surface area contributed by atoms with E-state index in [2.05, 4.69) is 4.99 Å². The van der Waals surface area contributed by atoms with Gasteiger partial charge in [-0.2, -0.15) is 0 Å². The third-order valence-electron chi connectivity index (χ3n) is 10.1. The largest absolute Gasteiger partial charge is 0.508 e. The van der Waals surface area contributed by atoms with Gasteiger partial charge >= 0.3 is 0 Å². The number of allylic oxidation sites excluding steroid dienone is 4. The third kappa shape index (κ3) is 8.86. The molecular weight excluding hydrogens is 723 g/mol. The van der Waals surface area contributed by atoms with Gasteiger partial charge in [-0.1, -0.05) is 49.9 Å². The molecule has 0 aromatic heterocycles. The quantitative estimate of drug-likeness (QED) is 0.102. The third-order valence-corrected chi connectivity index (χ3v) is 10.1. The number of aryl methyl sites for hydroxylation is 1. The molecule has 3 unspecified atom stereocenters. The van der Waals surface area contributed by atoms with Crippen LogP contribution in [0.5, 0.6) is 28.7 Å². The van der Waals surface area contributed by atoms with Crippen molar-refractivity contribution in [1.29, 1.82) is 0 Å². The van der Waals surface area contributed by atoms with Crippen LogP contribution in [0.1, 0.15) is 55.1 Å². The Kier molecular flexibility index (Phi) is 12.1. The number of hydrogen-bond acceptors (Lipinski definition) is 10. The molecule has 7 rings (SSSR count). The lowest BCUT2D eigenvalue weighted by atomic mass is 10.00. The fourth-order valence-electron chi connectivity index (χ4n) is 6.94. The maximum atomic E-state index is 13.7. The van der Waals surface area contributed by atoms with Crippen molar-refractivity contribution in [2.24, 2.45) is 15.7 Å². The standard InChI is InChI=1S/C44H45N5O7.CH4/c1-28-17-39(53-3)41(21-37(28)46-23-33-18-31(25-48(33)27-50)29-7-5-13-44(2,45)14-12-29)55-15-6-16-56-42-22-38-36(20-40(42)54-4)43(52)49-26-32(19-34(49)24-47-38)30-8-10-35(51)11-9-30;/h5,7-14,17,20-27,33-34,51H,6,15-16,18-19,45H2,1-4H3;1H4. The SMILES string of the molecule is C.COc1cc(C)c(N=CC2CC(C3=CC=CC(C)(N)C=C3)=CN2C=O)cc1OCCCOc1cc2c(cc1OC)C(=O)N1C=C(c3ccc(O)cc3)CC1C=N2. The number of amides is 2. The zero-order valence-electron chi connectivity index (χ0n) is 31.8. The number of aliphatic imine (C=N–C) groups is 2. The van der Waals surface area contributed by atoms with Crippen molar-refractivity contribution in [3.05, 3.63) is 119 Å². The minimum atomic E-state index is -0.533. The van der Waals surface area contributed by atoms with Crippen LogP contribution in [-0.4, -0.2) is 84.7 Å². The first-order valence-corrected chi connectivity index (χ1v) is 18.4. The first-order chi connectivity index (χ1) is 27.0. The van der Waals surface area contributed by atoms with Crippen LogP contribution < -0.4 is 24.7 Å². The molecule has 0 spiro atoms. The molecule has 0 fully saturated rings. The number of rotatable bonds is 13. The maximum absolute atomic E-state index is 13.7. The summed E-state index contributed by atoms with van der Waals surface area (Å²) in [7, 11) is 3.13. The average Bonchev–Trinajstić information content (AvgIpc) is 3.73. The fourth-order valence-corrected chi connectivity index (χ4v) is 6.94. The summed E-state index contributed by atoms with van der Waals surface area (Å²) in [5, 5.41) is 9.68. The van der Waals surface area contributed by atoms with Gasteiger partial charge in [0.2, 0.25) is 6.41 Å². The van der Waals surface area contributed by atoms with Gasteiger partial charge in [-0.15, -0.1) is 0 Å². The number of fused-ring (bicyclic) bond motifs is 2. The Bertz CT molecular complexity index is 2230. The molecule has 3 aromatic rings. The van der Waals surface area contributed by atoms with Crippen LogP contribution in [0, 0.1) is 6.92 Å². The molecule has 3 atom stereocenters. The fraction of sp³-hybridized carbons (Fsp3) is 0.289. The predicted octanol–water partition coefficient (Wildman–Crippen LogP) is 7.76. The Morgan fingerprint density at radius 2 is 1.68 bits per heavy atom.